The van der Waals surface area contributed by atoms with Gasteiger partial charge in [0.05, 0.1) is 24.3 Å². The van der Waals surface area contributed by atoms with Crippen LogP contribution in [0.5, 0.6) is 0 Å². The molecule has 3 aliphatic carbocycles. The number of carbonyl (C=O) groups excluding carboxylic acids is 3. The van der Waals surface area contributed by atoms with Crippen molar-refractivity contribution < 1.29 is 14.4 Å². The van der Waals surface area contributed by atoms with Gasteiger partial charge in [-0.3, -0.25) is 19.3 Å². The summed E-state index contributed by atoms with van der Waals surface area (Å²) in [6.45, 7) is 0.419. The first-order chi connectivity index (χ1) is 15.1. The van der Waals surface area contributed by atoms with E-state index >= 15 is 0 Å². The molecule has 2 fully saturated rings. The van der Waals surface area contributed by atoms with Crippen LogP contribution in [0.3, 0.4) is 0 Å². The number of rotatable bonds is 6. The van der Waals surface area contributed by atoms with Crippen molar-refractivity contribution in [1.82, 2.24) is 10.2 Å². The molecule has 5 heteroatoms. The Kier molecular flexibility index (Phi) is 5.18. The number of allylic oxidation sites excluding steroid dienone is 2. The minimum absolute atomic E-state index is 0.0660. The lowest BCUT2D eigenvalue weighted by Gasteiger charge is -2.38. The Bertz CT molecular complexity index is 985. The van der Waals surface area contributed by atoms with Gasteiger partial charge in [0.1, 0.15) is 0 Å². The van der Waals surface area contributed by atoms with Gasteiger partial charge < -0.3 is 5.32 Å². The van der Waals surface area contributed by atoms with E-state index in [0.717, 1.165) is 24.0 Å². The highest BCUT2D eigenvalue weighted by atomic mass is 16.2. The van der Waals surface area contributed by atoms with Crippen LogP contribution >= 0.6 is 0 Å². The minimum atomic E-state index is -0.582. The summed E-state index contributed by atoms with van der Waals surface area (Å²) in [6.07, 6.45) is 6.23. The van der Waals surface area contributed by atoms with Gasteiger partial charge in [-0.1, -0.05) is 72.8 Å². The second-order valence-electron chi connectivity index (χ2n) is 8.78. The number of benzene rings is 2. The maximum Gasteiger partial charge on any atom is 0.234 e. The van der Waals surface area contributed by atoms with Crippen LogP contribution in [0.15, 0.2) is 72.8 Å². The predicted molar refractivity (Wildman–Crippen MR) is 116 cm³/mol. The first-order valence-electron chi connectivity index (χ1n) is 11.0. The summed E-state index contributed by atoms with van der Waals surface area (Å²) in [7, 11) is 0. The van der Waals surface area contributed by atoms with Crippen molar-refractivity contribution in [2.75, 3.05) is 0 Å². The first kappa shape index (κ1) is 19.7. The van der Waals surface area contributed by atoms with Gasteiger partial charge in [-0.05, 0) is 35.8 Å². The molecule has 31 heavy (non-hydrogen) atoms. The molecule has 1 saturated carbocycles. The van der Waals surface area contributed by atoms with Gasteiger partial charge in [0.15, 0.2) is 0 Å². The van der Waals surface area contributed by atoms with Crippen LogP contribution in [0.2, 0.25) is 0 Å². The van der Waals surface area contributed by atoms with E-state index in [1.807, 2.05) is 60.7 Å². The number of imide groups is 1. The SMILES string of the molecule is O=C(C[C@H](c1ccccc1)N1C(=O)[C@H]2[C@H](C1=O)[C@H]1C=C[C@H]2CC1)NCc1ccccc1. The molecule has 2 bridgehead atoms. The van der Waals surface area contributed by atoms with Crippen LogP contribution in [-0.2, 0) is 20.9 Å². The van der Waals surface area contributed by atoms with E-state index in [9.17, 15) is 14.4 Å². The van der Waals surface area contributed by atoms with E-state index in [2.05, 4.69) is 17.5 Å². The molecule has 2 aromatic rings. The molecule has 3 amide bonds. The average molecular weight is 415 g/mol. The number of likely N-dealkylation sites (tertiary alicyclic amines) is 1. The molecule has 1 heterocycles. The van der Waals surface area contributed by atoms with Crippen LogP contribution in [0, 0.1) is 23.7 Å². The monoisotopic (exact) mass is 414 g/mol. The van der Waals surface area contributed by atoms with Crippen LogP contribution in [0.25, 0.3) is 0 Å². The van der Waals surface area contributed by atoms with Crippen LogP contribution < -0.4 is 5.32 Å². The molecule has 0 spiro atoms. The Morgan fingerprint density at radius 1 is 0.871 bits per heavy atom. The molecular weight excluding hydrogens is 388 g/mol. The fourth-order valence-electron chi connectivity index (χ4n) is 5.48. The highest BCUT2D eigenvalue weighted by Gasteiger charge is 2.58. The Labute approximate surface area is 182 Å². The van der Waals surface area contributed by atoms with Crippen molar-refractivity contribution >= 4 is 17.7 Å². The second-order valence-corrected chi connectivity index (χ2v) is 8.78. The summed E-state index contributed by atoms with van der Waals surface area (Å²) < 4.78 is 0. The molecule has 0 unspecified atom stereocenters. The lowest BCUT2D eigenvalue weighted by Crippen LogP contribution is -2.38. The van der Waals surface area contributed by atoms with E-state index in [1.165, 1.54) is 4.90 Å². The normalized spacial score (nSPS) is 27.3. The number of carbonyl (C=O) groups is 3. The van der Waals surface area contributed by atoms with Gasteiger partial charge in [-0.2, -0.15) is 0 Å². The van der Waals surface area contributed by atoms with Gasteiger partial charge in [0.2, 0.25) is 17.7 Å². The van der Waals surface area contributed by atoms with E-state index in [4.69, 9.17) is 0 Å². The number of hydrogen-bond donors (Lipinski definition) is 1. The van der Waals surface area contributed by atoms with Crippen molar-refractivity contribution in [3.05, 3.63) is 83.9 Å². The minimum Gasteiger partial charge on any atom is -0.352 e. The van der Waals surface area contributed by atoms with Crippen LogP contribution in [0.1, 0.15) is 36.4 Å². The highest BCUT2D eigenvalue weighted by molar-refractivity contribution is 6.06. The highest BCUT2D eigenvalue weighted by Crippen LogP contribution is 2.51. The third-order valence-electron chi connectivity index (χ3n) is 7.00. The average Bonchev–Trinajstić information content (AvgIpc) is 3.10. The van der Waals surface area contributed by atoms with E-state index in [-0.39, 0.29) is 47.8 Å². The molecule has 6 rings (SSSR count). The van der Waals surface area contributed by atoms with E-state index in [0.29, 0.717) is 6.54 Å². The fraction of sp³-hybridized carbons (Fsp3) is 0.346. The Hall–Kier alpha value is -3.21. The number of nitrogens with one attached hydrogen (secondary N) is 1. The van der Waals surface area contributed by atoms with Gasteiger partial charge in [-0.25, -0.2) is 0 Å². The van der Waals surface area contributed by atoms with Gasteiger partial charge >= 0.3 is 0 Å². The lowest BCUT2D eigenvalue weighted by atomic mass is 9.63. The smallest absolute Gasteiger partial charge is 0.234 e. The first-order valence-corrected chi connectivity index (χ1v) is 11.0. The number of amides is 3. The van der Waals surface area contributed by atoms with Crippen molar-refractivity contribution in [2.24, 2.45) is 23.7 Å². The maximum atomic E-state index is 13.5. The summed E-state index contributed by atoms with van der Waals surface area (Å²) in [6, 6.07) is 18.6. The molecule has 4 aliphatic rings. The molecule has 1 aliphatic heterocycles. The topological polar surface area (TPSA) is 66.5 Å². The number of hydrogen-bond acceptors (Lipinski definition) is 3. The van der Waals surface area contributed by atoms with Crippen molar-refractivity contribution in [1.29, 1.82) is 0 Å². The molecule has 5 atom stereocenters. The lowest BCUT2D eigenvalue weighted by molar-refractivity contribution is -0.143. The van der Waals surface area contributed by atoms with E-state index in [1.54, 1.807) is 0 Å². The maximum absolute atomic E-state index is 13.5. The quantitative estimate of drug-likeness (QED) is 0.580. The van der Waals surface area contributed by atoms with Crippen molar-refractivity contribution in [3.8, 4) is 0 Å². The summed E-state index contributed by atoms with van der Waals surface area (Å²) in [4.78, 5) is 41.2. The molecular formula is C26H26N2O3. The summed E-state index contributed by atoms with van der Waals surface area (Å²) >= 11 is 0. The third-order valence-corrected chi connectivity index (χ3v) is 7.00. The molecule has 2 aromatic carbocycles. The van der Waals surface area contributed by atoms with Gasteiger partial charge in [0, 0.05) is 6.54 Å². The zero-order valence-corrected chi connectivity index (χ0v) is 17.3. The van der Waals surface area contributed by atoms with Crippen molar-refractivity contribution in [2.45, 2.75) is 31.8 Å². The molecule has 5 nitrogen and oxygen atoms in total. The zero-order valence-electron chi connectivity index (χ0n) is 17.3. The molecule has 0 radical (unpaired) electrons. The number of fused-ring (bicyclic) bond motifs is 1. The Morgan fingerprint density at radius 3 is 1.97 bits per heavy atom. The van der Waals surface area contributed by atoms with Crippen molar-refractivity contribution in [3.63, 3.8) is 0 Å². The molecule has 158 valence electrons. The van der Waals surface area contributed by atoms with Gasteiger partial charge in [-0.15, -0.1) is 0 Å². The van der Waals surface area contributed by atoms with E-state index < -0.39 is 6.04 Å². The van der Waals surface area contributed by atoms with Crippen LogP contribution in [0.4, 0.5) is 0 Å². The summed E-state index contributed by atoms with van der Waals surface area (Å²) in [5.74, 6) is -0.656. The Balaban J connectivity index is 1.39. The Morgan fingerprint density at radius 2 is 1.42 bits per heavy atom. The summed E-state index contributed by atoms with van der Waals surface area (Å²) in [5, 5.41) is 2.94. The second kappa shape index (κ2) is 8.14. The summed E-state index contributed by atoms with van der Waals surface area (Å²) in [5.41, 5.74) is 1.83. The molecule has 1 saturated heterocycles. The van der Waals surface area contributed by atoms with Crippen LogP contribution in [-0.4, -0.2) is 22.6 Å². The molecule has 0 aromatic heterocycles. The predicted octanol–water partition coefficient (Wildman–Crippen LogP) is 3.63. The standard InChI is InChI=1S/C26H26N2O3/c29-22(27-16-17-7-3-1-4-8-17)15-21(18-9-5-2-6-10-18)28-25(30)23-19-11-12-20(14-13-19)24(23)26(28)31/h1-12,19-21,23-24H,13-16H2,(H,27,29)/t19-,20-,21+,23+,24+/m0/s1. The zero-order chi connectivity index (χ0) is 21.4. The third kappa shape index (κ3) is 3.58. The number of nitrogens with zero attached hydrogens (tertiary/aromatic N) is 1. The largest absolute Gasteiger partial charge is 0.352 e. The van der Waals surface area contributed by atoms with Gasteiger partial charge in [0.25, 0.3) is 0 Å². The fourth-order valence-corrected chi connectivity index (χ4v) is 5.48. The molecule has 1 N–H and O–H groups in total.